The molecule has 23 heavy (non-hydrogen) atoms. The van der Waals surface area contributed by atoms with Gasteiger partial charge in [-0.15, -0.1) is 0 Å². The number of aryl methyl sites for hydroxylation is 3. The number of amides is 1. The number of para-hydroxylation sites is 1. The molecule has 0 unspecified atom stereocenters. The summed E-state index contributed by atoms with van der Waals surface area (Å²) >= 11 is 0. The smallest absolute Gasteiger partial charge is 0.263 e. The van der Waals surface area contributed by atoms with Crippen LogP contribution in [0.15, 0.2) is 35.1 Å². The van der Waals surface area contributed by atoms with E-state index in [9.17, 15) is 9.59 Å². The predicted molar refractivity (Wildman–Crippen MR) is 89.6 cm³/mol. The average molecular weight is 310 g/mol. The summed E-state index contributed by atoms with van der Waals surface area (Å²) < 4.78 is 1.39. The van der Waals surface area contributed by atoms with Crippen molar-refractivity contribution in [3.05, 3.63) is 57.8 Å². The minimum absolute atomic E-state index is 0.0633. The molecule has 0 saturated carbocycles. The zero-order valence-corrected chi connectivity index (χ0v) is 13.3. The largest absolute Gasteiger partial charge is 0.343 e. The molecule has 0 aliphatic heterocycles. The van der Waals surface area contributed by atoms with E-state index in [-0.39, 0.29) is 18.0 Å². The number of aromatic nitrogens is 3. The Morgan fingerprint density at radius 1 is 1.26 bits per heavy atom. The van der Waals surface area contributed by atoms with Crippen molar-refractivity contribution in [2.45, 2.75) is 27.3 Å². The Morgan fingerprint density at radius 2 is 2.00 bits per heavy atom. The molecule has 2 aromatic heterocycles. The van der Waals surface area contributed by atoms with Gasteiger partial charge in [0.15, 0.2) is 0 Å². The van der Waals surface area contributed by atoms with Gasteiger partial charge in [0.05, 0.1) is 5.39 Å². The van der Waals surface area contributed by atoms with Gasteiger partial charge in [-0.1, -0.05) is 18.2 Å². The fraction of sp³-hybridized carbons (Fsp3) is 0.235. The molecule has 6 heteroatoms. The van der Waals surface area contributed by atoms with E-state index in [0.717, 1.165) is 16.9 Å². The maximum absolute atomic E-state index is 12.5. The van der Waals surface area contributed by atoms with Crippen LogP contribution in [0.2, 0.25) is 0 Å². The summed E-state index contributed by atoms with van der Waals surface area (Å²) in [5.41, 5.74) is 2.93. The van der Waals surface area contributed by atoms with Gasteiger partial charge in [-0.25, -0.2) is 4.98 Å². The molecular formula is C17H18N4O2. The number of carbonyl (C=O) groups is 1. The lowest BCUT2D eigenvalue weighted by Gasteiger charge is -2.11. The summed E-state index contributed by atoms with van der Waals surface area (Å²) in [4.78, 5) is 32.2. The lowest BCUT2D eigenvalue weighted by molar-refractivity contribution is -0.116. The molecule has 3 rings (SSSR count). The number of rotatable bonds is 3. The Balaban J connectivity index is 1.91. The van der Waals surface area contributed by atoms with Crippen LogP contribution in [0, 0.1) is 20.8 Å². The van der Waals surface area contributed by atoms with Gasteiger partial charge >= 0.3 is 0 Å². The van der Waals surface area contributed by atoms with Crippen LogP contribution in [0.1, 0.15) is 17.1 Å². The first-order chi connectivity index (χ1) is 11.0. The average Bonchev–Trinajstić information content (AvgIpc) is 2.86. The fourth-order valence-electron chi connectivity index (χ4n) is 2.57. The molecule has 0 saturated heterocycles. The van der Waals surface area contributed by atoms with Crippen molar-refractivity contribution in [1.82, 2.24) is 14.5 Å². The first-order valence-electron chi connectivity index (χ1n) is 7.38. The molecule has 2 heterocycles. The Morgan fingerprint density at radius 3 is 2.74 bits per heavy atom. The third-order valence-electron chi connectivity index (χ3n) is 3.79. The number of carbonyl (C=O) groups excluding carboxylic acids is 1. The minimum Gasteiger partial charge on any atom is -0.343 e. The monoisotopic (exact) mass is 310 g/mol. The van der Waals surface area contributed by atoms with Gasteiger partial charge in [-0.05, 0) is 38.5 Å². The van der Waals surface area contributed by atoms with Crippen molar-refractivity contribution >= 4 is 22.6 Å². The molecule has 3 aromatic rings. The summed E-state index contributed by atoms with van der Waals surface area (Å²) in [6, 6.07) is 9.27. The molecule has 0 spiro atoms. The normalized spacial score (nSPS) is 10.9. The number of H-pyrrole nitrogens is 1. The summed E-state index contributed by atoms with van der Waals surface area (Å²) in [5.74, 6) is 0.252. The van der Waals surface area contributed by atoms with E-state index in [4.69, 9.17) is 0 Å². The van der Waals surface area contributed by atoms with Gasteiger partial charge in [0, 0.05) is 11.4 Å². The van der Waals surface area contributed by atoms with Crippen LogP contribution in [0.25, 0.3) is 11.0 Å². The van der Waals surface area contributed by atoms with Crippen molar-refractivity contribution in [3.8, 4) is 0 Å². The van der Waals surface area contributed by atoms with Crippen molar-refractivity contribution in [2.75, 3.05) is 5.32 Å². The molecule has 0 bridgehead atoms. The molecule has 0 fully saturated rings. The SMILES string of the molecule is Cc1cc2c(=O)n(CC(=O)Nc3ccccc3C)c(C)nc2[nH]1. The number of hydrogen-bond acceptors (Lipinski definition) is 3. The van der Waals surface area contributed by atoms with Crippen LogP contribution in [0.4, 0.5) is 5.69 Å². The second-order valence-corrected chi connectivity index (χ2v) is 5.63. The molecule has 118 valence electrons. The summed E-state index contributed by atoms with van der Waals surface area (Å²) in [6.45, 7) is 5.44. The van der Waals surface area contributed by atoms with E-state index in [1.807, 2.05) is 38.1 Å². The Kier molecular flexibility index (Phi) is 3.73. The van der Waals surface area contributed by atoms with E-state index < -0.39 is 0 Å². The van der Waals surface area contributed by atoms with Crippen LogP contribution in [-0.4, -0.2) is 20.4 Å². The van der Waals surface area contributed by atoms with Gasteiger partial charge in [0.1, 0.15) is 18.0 Å². The molecule has 0 aliphatic rings. The maximum Gasteiger partial charge on any atom is 0.263 e. The number of benzene rings is 1. The third-order valence-corrected chi connectivity index (χ3v) is 3.79. The maximum atomic E-state index is 12.5. The van der Waals surface area contributed by atoms with Gasteiger partial charge in [-0.3, -0.25) is 14.2 Å². The first-order valence-corrected chi connectivity index (χ1v) is 7.38. The highest BCUT2D eigenvalue weighted by molar-refractivity contribution is 5.91. The van der Waals surface area contributed by atoms with Gasteiger partial charge in [-0.2, -0.15) is 0 Å². The second-order valence-electron chi connectivity index (χ2n) is 5.63. The summed E-state index contributed by atoms with van der Waals surface area (Å²) in [6.07, 6.45) is 0. The molecule has 2 N–H and O–H groups in total. The van der Waals surface area contributed by atoms with Crippen LogP contribution < -0.4 is 10.9 Å². The van der Waals surface area contributed by atoms with Gasteiger partial charge < -0.3 is 10.3 Å². The van der Waals surface area contributed by atoms with Crippen LogP contribution in [0.3, 0.4) is 0 Å². The first kappa shape index (κ1) is 15.0. The standard InChI is InChI=1S/C17H18N4O2/c1-10-6-4-5-7-14(10)20-15(22)9-21-12(3)19-16-13(17(21)23)8-11(2)18-16/h4-8,18H,9H2,1-3H3,(H,20,22). The van der Waals surface area contributed by atoms with E-state index in [1.165, 1.54) is 4.57 Å². The second kappa shape index (κ2) is 5.72. The van der Waals surface area contributed by atoms with Crippen molar-refractivity contribution in [2.24, 2.45) is 0 Å². The topological polar surface area (TPSA) is 79.8 Å². The molecule has 0 radical (unpaired) electrons. The van der Waals surface area contributed by atoms with E-state index in [2.05, 4.69) is 15.3 Å². The highest BCUT2D eigenvalue weighted by Gasteiger charge is 2.13. The number of nitrogens with one attached hydrogen (secondary N) is 2. The lowest BCUT2D eigenvalue weighted by Crippen LogP contribution is -2.30. The Labute approximate surface area is 133 Å². The molecule has 0 aliphatic carbocycles. The van der Waals surface area contributed by atoms with Crippen LogP contribution >= 0.6 is 0 Å². The minimum atomic E-state index is -0.252. The molecule has 6 nitrogen and oxygen atoms in total. The van der Waals surface area contributed by atoms with E-state index in [1.54, 1.807) is 13.0 Å². The Hall–Kier alpha value is -2.89. The molecule has 1 aromatic carbocycles. The van der Waals surface area contributed by atoms with E-state index >= 15 is 0 Å². The lowest BCUT2D eigenvalue weighted by atomic mass is 10.2. The fourth-order valence-corrected chi connectivity index (χ4v) is 2.57. The van der Waals surface area contributed by atoms with Crippen molar-refractivity contribution < 1.29 is 4.79 Å². The van der Waals surface area contributed by atoms with Gasteiger partial charge in [0.2, 0.25) is 5.91 Å². The quantitative estimate of drug-likeness (QED) is 0.779. The van der Waals surface area contributed by atoms with Crippen molar-refractivity contribution in [3.63, 3.8) is 0 Å². The van der Waals surface area contributed by atoms with Gasteiger partial charge in [0.25, 0.3) is 5.56 Å². The van der Waals surface area contributed by atoms with Crippen molar-refractivity contribution in [1.29, 1.82) is 0 Å². The molecular weight excluding hydrogens is 292 g/mol. The summed E-state index contributed by atoms with van der Waals surface area (Å²) in [7, 11) is 0. The molecule has 1 amide bonds. The number of hydrogen-bond donors (Lipinski definition) is 2. The number of fused-ring (bicyclic) bond motifs is 1. The van der Waals surface area contributed by atoms with Crippen LogP contribution in [0.5, 0.6) is 0 Å². The Bertz CT molecular complexity index is 953. The predicted octanol–water partition coefficient (Wildman–Crippen LogP) is 2.29. The number of anilines is 1. The third kappa shape index (κ3) is 2.88. The zero-order valence-electron chi connectivity index (χ0n) is 13.3. The highest BCUT2D eigenvalue weighted by Crippen LogP contribution is 2.13. The molecule has 0 atom stereocenters. The summed E-state index contributed by atoms with van der Waals surface area (Å²) in [5, 5.41) is 3.33. The van der Waals surface area contributed by atoms with Crippen LogP contribution in [-0.2, 0) is 11.3 Å². The van der Waals surface area contributed by atoms with E-state index in [0.29, 0.717) is 16.9 Å². The zero-order chi connectivity index (χ0) is 16.6. The number of nitrogens with zero attached hydrogens (tertiary/aromatic N) is 2. The highest BCUT2D eigenvalue weighted by atomic mass is 16.2. The number of aromatic amines is 1.